The third-order valence-corrected chi connectivity index (χ3v) is 3.05. The number of amides is 1. The fourth-order valence-electron chi connectivity index (χ4n) is 1.45. The third-order valence-electron chi connectivity index (χ3n) is 2.59. The molecule has 0 unspecified atom stereocenters. The minimum absolute atomic E-state index is 0. The van der Waals surface area contributed by atoms with Crippen LogP contribution in [-0.2, 0) is 13.9 Å². The number of carbonyl (C=O) groups is 1. The molecule has 0 aromatic heterocycles. The molecule has 1 rings (SSSR count). The Bertz CT molecular complexity index is 501. The molecule has 112 valence electrons. The molecule has 0 saturated carbocycles. The molecule has 1 atom stereocenters. The average Bonchev–Trinajstić information content (AvgIpc) is 2.33. The Balaban J connectivity index is 0. The number of rotatable bonds is 5. The maximum Gasteiger partial charge on any atom is 1.00 e. The van der Waals surface area contributed by atoms with Gasteiger partial charge in [-0.1, -0.05) is 51.1 Å². The van der Waals surface area contributed by atoms with Gasteiger partial charge in [-0.3, -0.25) is 4.79 Å². The zero-order valence-electron chi connectivity index (χ0n) is 13.7. The van der Waals surface area contributed by atoms with Crippen LogP contribution in [0.3, 0.4) is 0 Å². The molecule has 0 radical (unpaired) electrons. The smallest absolute Gasteiger partial charge is 0.790 e. The molecular weight excluding hydrogens is 327 g/mol. The Morgan fingerprint density at radius 3 is 2.14 bits per heavy atom. The number of hydrogen-bond acceptors (Lipinski definition) is 5. The Morgan fingerprint density at radius 1 is 1.23 bits per heavy atom. The SMILES string of the molecule is CC(C)(C)C(=O)N[C@@H](COP(=O)([O-])[O-])c1ccccc1.[Na+].[Na+]. The largest absolute Gasteiger partial charge is 1.00 e. The van der Waals surface area contributed by atoms with Gasteiger partial charge in [0.2, 0.25) is 5.91 Å². The van der Waals surface area contributed by atoms with Gasteiger partial charge in [-0.15, -0.1) is 0 Å². The molecule has 0 saturated heterocycles. The average molecular weight is 345 g/mol. The van der Waals surface area contributed by atoms with Gasteiger partial charge < -0.3 is 24.2 Å². The second-order valence-electron chi connectivity index (χ2n) is 5.43. The number of phosphoric acid groups is 1. The van der Waals surface area contributed by atoms with E-state index in [2.05, 4.69) is 9.84 Å². The minimum atomic E-state index is -5.08. The molecule has 0 fully saturated rings. The molecule has 1 aromatic carbocycles. The Labute approximate surface area is 175 Å². The van der Waals surface area contributed by atoms with Gasteiger partial charge in [-0.2, -0.15) is 0 Å². The fraction of sp³-hybridized carbons (Fsp3) is 0.462. The summed E-state index contributed by atoms with van der Waals surface area (Å²) in [6.07, 6.45) is 0. The van der Waals surface area contributed by atoms with Gasteiger partial charge in [-0.25, -0.2) is 0 Å². The summed E-state index contributed by atoms with van der Waals surface area (Å²) >= 11 is 0. The van der Waals surface area contributed by atoms with E-state index >= 15 is 0 Å². The summed E-state index contributed by atoms with van der Waals surface area (Å²) in [5, 5.41) is 2.68. The van der Waals surface area contributed by atoms with E-state index in [9.17, 15) is 19.1 Å². The van der Waals surface area contributed by atoms with Crippen LogP contribution < -0.4 is 74.2 Å². The summed E-state index contributed by atoms with van der Waals surface area (Å²) in [6.45, 7) is 4.78. The van der Waals surface area contributed by atoms with Crippen LogP contribution in [0.5, 0.6) is 0 Å². The van der Waals surface area contributed by atoms with E-state index < -0.39 is 25.9 Å². The van der Waals surface area contributed by atoms with Crippen molar-refractivity contribution in [2.24, 2.45) is 5.41 Å². The second-order valence-corrected chi connectivity index (χ2v) is 6.58. The van der Waals surface area contributed by atoms with E-state index in [0.717, 1.165) is 0 Å². The molecule has 0 heterocycles. The van der Waals surface area contributed by atoms with Crippen LogP contribution in [0.2, 0.25) is 0 Å². The van der Waals surface area contributed by atoms with Gasteiger partial charge in [0.15, 0.2) is 0 Å². The molecule has 6 nitrogen and oxygen atoms in total. The first-order valence-electron chi connectivity index (χ1n) is 6.12. The molecule has 0 aliphatic heterocycles. The molecule has 1 amide bonds. The van der Waals surface area contributed by atoms with Crippen LogP contribution in [0.4, 0.5) is 0 Å². The van der Waals surface area contributed by atoms with Crippen LogP contribution in [0.15, 0.2) is 30.3 Å². The first kappa shape index (κ1) is 25.0. The topological polar surface area (TPSA) is 102 Å². The van der Waals surface area contributed by atoms with Crippen LogP contribution in [0.25, 0.3) is 0 Å². The van der Waals surface area contributed by atoms with Crippen LogP contribution in [-0.4, -0.2) is 12.5 Å². The summed E-state index contributed by atoms with van der Waals surface area (Å²) in [4.78, 5) is 33.2. The first-order valence-corrected chi connectivity index (χ1v) is 7.58. The minimum Gasteiger partial charge on any atom is -0.790 e. The van der Waals surface area contributed by atoms with Crippen molar-refractivity contribution in [1.82, 2.24) is 5.32 Å². The Morgan fingerprint density at radius 2 is 1.73 bits per heavy atom. The van der Waals surface area contributed by atoms with E-state index in [0.29, 0.717) is 5.56 Å². The second kappa shape index (κ2) is 10.6. The predicted molar refractivity (Wildman–Crippen MR) is 70.3 cm³/mol. The van der Waals surface area contributed by atoms with Gasteiger partial charge in [0.1, 0.15) is 0 Å². The summed E-state index contributed by atoms with van der Waals surface area (Å²) in [5.74, 6) is -0.262. The number of hydrogen-bond donors (Lipinski definition) is 1. The van der Waals surface area contributed by atoms with Crippen LogP contribution >= 0.6 is 7.82 Å². The first-order chi connectivity index (χ1) is 9.09. The molecule has 9 heteroatoms. The van der Waals surface area contributed by atoms with Gasteiger partial charge in [0.05, 0.1) is 20.5 Å². The van der Waals surface area contributed by atoms with Gasteiger partial charge in [0, 0.05) is 5.41 Å². The van der Waals surface area contributed by atoms with Crippen molar-refractivity contribution in [3.8, 4) is 0 Å². The number of carbonyl (C=O) groups excluding carboxylic acids is 1. The molecule has 22 heavy (non-hydrogen) atoms. The van der Waals surface area contributed by atoms with Gasteiger partial charge in [-0.05, 0) is 5.56 Å². The van der Waals surface area contributed by atoms with Crippen molar-refractivity contribution in [3.05, 3.63) is 35.9 Å². The van der Waals surface area contributed by atoms with E-state index in [1.165, 1.54) is 0 Å². The molecule has 0 aliphatic rings. The van der Waals surface area contributed by atoms with Gasteiger partial charge >= 0.3 is 59.1 Å². The zero-order chi connectivity index (χ0) is 15.4. The predicted octanol–water partition coefficient (Wildman–Crippen LogP) is -5.26. The quantitative estimate of drug-likeness (QED) is 0.424. The van der Waals surface area contributed by atoms with Crippen molar-refractivity contribution < 1.29 is 82.8 Å². The summed E-state index contributed by atoms with van der Waals surface area (Å²) < 4.78 is 14.9. The fourth-order valence-corrected chi connectivity index (χ4v) is 1.78. The molecule has 1 aromatic rings. The van der Waals surface area contributed by atoms with Crippen molar-refractivity contribution in [2.75, 3.05) is 6.61 Å². The van der Waals surface area contributed by atoms with E-state index in [1.807, 2.05) is 0 Å². The van der Waals surface area contributed by atoms with Crippen LogP contribution in [0.1, 0.15) is 32.4 Å². The van der Waals surface area contributed by atoms with Crippen molar-refractivity contribution in [2.45, 2.75) is 26.8 Å². The Hall–Kier alpha value is 0.800. The standard InChI is InChI=1S/C13H20NO5P.2Na/c1-13(2,3)12(15)14-11(9-19-20(16,17)18)10-7-5-4-6-8-10;;/h4-8,11H,9H2,1-3H3,(H,14,15)(H2,16,17,18);;/q;2*+1/p-2/t11-;;/m0../s1. The maximum absolute atomic E-state index is 12.0. The molecule has 0 bridgehead atoms. The molecule has 1 N–H and O–H groups in total. The van der Waals surface area contributed by atoms with Crippen LogP contribution in [0, 0.1) is 5.41 Å². The number of phosphoric ester groups is 1. The monoisotopic (exact) mass is 345 g/mol. The van der Waals surface area contributed by atoms with Crippen molar-refractivity contribution in [3.63, 3.8) is 0 Å². The van der Waals surface area contributed by atoms with E-state index in [1.54, 1.807) is 51.1 Å². The summed E-state index contributed by atoms with van der Waals surface area (Å²) in [7, 11) is -5.08. The normalized spacial score (nSPS) is 12.6. The van der Waals surface area contributed by atoms with Crippen molar-refractivity contribution >= 4 is 13.7 Å². The van der Waals surface area contributed by atoms with E-state index in [4.69, 9.17) is 0 Å². The molecular formula is C13H18NNa2O5P. The van der Waals surface area contributed by atoms with Crippen molar-refractivity contribution in [1.29, 1.82) is 0 Å². The van der Waals surface area contributed by atoms with E-state index in [-0.39, 0.29) is 65.0 Å². The molecule has 0 spiro atoms. The number of nitrogens with one attached hydrogen (secondary N) is 1. The molecule has 0 aliphatic carbocycles. The summed E-state index contributed by atoms with van der Waals surface area (Å²) in [6, 6.07) is 8.03. The van der Waals surface area contributed by atoms with Gasteiger partial charge in [0.25, 0.3) is 0 Å². The summed E-state index contributed by atoms with van der Waals surface area (Å²) in [5.41, 5.74) is 0.0320. The Kier molecular flexibility index (Phi) is 12.1. The maximum atomic E-state index is 12.0. The number of benzene rings is 1. The zero-order valence-corrected chi connectivity index (χ0v) is 18.6. The third kappa shape index (κ3) is 9.83.